The molecule has 0 aliphatic heterocycles. The molecular formula is C7H8NS2+. The molecule has 0 aliphatic carbocycles. The molecule has 0 fully saturated rings. The van der Waals surface area contributed by atoms with E-state index in [2.05, 4.69) is 30.0 Å². The quantitative estimate of drug-likeness (QED) is 0.533. The molecule has 0 aromatic carbocycles. The highest BCUT2D eigenvalue weighted by Crippen LogP contribution is 2.23. The Kier molecular flexibility index (Phi) is 1.28. The van der Waals surface area contributed by atoms with E-state index in [-0.39, 0.29) is 0 Å². The van der Waals surface area contributed by atoms with Crippen molar-refractivity contribution in [2.45, 2.75) is 6.92 Å². The first-order valence-electron chi connectivity index (χ1n) is 3.11. The fourth-order valence-corrected chi connectivity index (χ4v) is 3.11. The molecule has 0 aliphatic rings. The third-order valence-corrected chi connectivity index (χ3v) is 3.88. The zero-order valence-corrected chi connectivity index (χ0v) is 7.55. The topological polar surface area (TPSA) is 3.88 Å². The standard InChI is InChI=1S/C7H8NS2/c1-5-8(2)7-6(10-5)3-4-9-7/h3-4H,1-2H3/q+1. The summed E-state index contributed by atoms with van der Waals surface area (Å²) in [7, 11) is 2.12. The summed E-state index contributed by atoms with van der Waals surface area (Å²) in [6, 6.07) is 2.18. The Hall–Kier alpha value is -0.410. The number of aryl methyl sites for hydroxylation is 2. The average molecular weight is 170 g/mol. The number of thiazole rings is 1. The molecule has 2 aromatic heterocycles. The summed E-state index contributed by atoms with van der Waals surface area (Å²) < 4.78 is 3.65. The second kappa shape index (κ2) is 2.04. The van der Waals surface area contributed by atoms with E-state index in [1.54, 1.807) is 0 Å². The van der Waals surface area contributed by atoms with Crippen LogP contribution < -0.4 is 4.57 Å². The third-order valence-electron chi connectivity index (χ3n) is 1.64. The molecule has 52 valence electrons. The van der Waals surface area contributed by atoms with Crippen LogP contribution in [0.25, 0.3) is 9.53 Å². The van der Waals surface area contributed by atoms with Gasteiger partial charge in [-0.25, -0.2) is 0 Å². The molecule has 0 unspecified atom stereocenters. The fraction of sp³-hybridized carbons (Fsp3) is 0.286. The van der Waals surface area contributed by atoms with Gasteiger partial charge >= 0.3 is 0 Å². The van der Waals surface area contributed by atoms with Gasteiger partial charge in [0, 0.05) is 6.92 Å². The van der Waals surface area contributed by atoms with Crippen LogP contribution in [-0.4, -0.2) is 0 Å². The largest absolute Gasteiger partial charge is 0.279 e. The summed E-state index contributed by atoms with van der Waals surface area (Å²) in [5.41, 5.74) is 0. The van der Waals surface area contributed by atoms with E-state index in [4.69, 9.17) is 0 Å². The molecule has 2 aromatic rings. The van der Waals surface area contributed by atoms with Crippen LogP contribution in [0.1, 0.15) is 5.01 Å². The van der Waals surface area contributed by atoms with Gasteiger partial charge < -0.3 is 0 Å². The lowest BCUT2D eigenvalue weighted by Gasteiger charge is -1.77. The van der Waals surface area contributed by atoms with Gasteiger partial charge in [0.25, 0.3) is 4.83 Å². The van der Waals surface area contributed by atoms with E-state index in [0.717, 1.165) is 0 Å². The minimum Gasteiger partial charge on any atom is -0.180 e. The smallest absolute Gasteiger partial charge is 0.180 e. The zero-order valence-electron chi connectivity index (χ0n) is 5.92. The minimum absolute atomic E-state index is 1.38. The summed E-state index contributed by atoms with van der Waals surface area (Å²) in [4.78, 5) is 1.39. The van der Waals surface area contributed by atoms with Crippen LogP contribution in [0.5, 0.6) is 0 Å². The van der Waals surface area contributed by atoms with Gasteiger partial charge in [-0.3, -0.25) is 0 Å². The maximum Gasteiger partial charge on any atom is 0.279 e. The Morgan fingerprint density at radius 1 is 1.50 bits per heavy atom. The zero-order chi connectivity index (χ0) is 7.14. The summed E-state index contributed by atoms with van der Waals surface area (Å²) >= 11 is 3.67. The Labute approximate surface area is 67.6 Å². The van der Waals surface area contributed by atoms with E-state index < -0.39 is 0 Å². The predicted octanol–water partition coefficient (Wildman–Crippen LogP) is 2.10. The van der Waals surface area contributed by atoms with Gasteiger partial charge in [-0.05, 0) is 11.4 Å². The Bertz CT molecular complexity index is 358. The first-order valence-corrected chi connectivity index (χ1v) is 4.81. The van der Waals surface area contributed by atoms with Crippen LogP contribution in [0.2, 0.25) is 0 Å². The molecule has 2 rings (SSSR count). The number of hydrogen-bond donors (Lipinski definition) is 0. The van der Waals surface area contributed by atoms with Crippen molar-refractivity contribution in [2.24, 2.45) is 7.05 Å². The van der Waals surface area contributed by atoms with Crippen LogP contribution in [0.4, 0.5) is 0 Å². The summed E-state index contributed by atoms with van der Waals surface area (Å²) in [6.45, 7) is 2.15. The number of thiophene rings is 1. The minimum atomic E-state index is 1.38. The highest BCUT2D eigenvalue weighted by atomic mass is 32.1. The van der Waals surface area contributed by atoms with Crippen molar-refractivity contribution in [2.75, 3.05) is 0 Å². The molecule has 10 heavy (non-hydrogen) atoms. The highest BCUT2D eigenvalue weighted by Gasteiger charge is 2.12. The number of fused-ring (bicyclic) bond motifs is 1. The average Bonchev–Trinajstić information content (AvgIpc) is 2.41. The summed E-state index contributed by atoms with van der Waals surface area (Å²) in [5.74, 6) is 0. The molecule has 0 radical (unpaired) electrons. The monoisotopic (exact) mass is 170 g/mol. The molecule has 0 saturated heterocycles. The van der Waals surface area contributed by atoms with Gasteiger partial charge in [-0.1, -0.05) is 22.7 Å². The van der Waals surface area contributed by atoms with Crippen LogP contribution >= 0.6 is 22.7 Å². The lowest BCUT2D eigenvalue weighted by Crippen LogP contribution is -2.27. The molecular weight excluding hydrogens is 162 g/mol. The van der Waals surface area contributed by atoms with E-state index in [9.17, 15) is 0 Å². The Balaban J connectivity index is 2.95. The molecule has 0 saturated carbocycles. The molecule has 0 atom stereocenters. The van der Waals surface area contributed by atoms with Crippen molar-refractivity contribution >= 4 is 32.2 Å². The number of rotatable bonds is 0. The van der Waals surface area contributed by atoms with Gasteiger partial charge in [0.05, 0.1) is 0 Å². The van der Waals surface area contributed by atoms with E-state index in [1.165, 1.54) is 14.5 Å². The number of nitrogens with zero attached hydrogens (tertiary/aromatic N) is 1. The summed E-state index contributed by atoms with van der Waals surface area (Å²) in [6.07, 6.45) is 0. The normalized spacial score (nSPS) is 11.0. The van der Waals surface area contributed by atoms with Gasteiger partial charge in [0.15, 0.2) is 0 Å². The highest BCUT2D eigenvalue weighted by molar-refractivity contribution is 7.25. The lowest BCUT2D eigenvalue weighted by atomic mass is 10.6. The Morgan fingerprint density at radius 3 is 3.00 bits per heavy atom. The first-order chi connectivity index (χ1) is 4.79. The first kappa shape index (κ1) is 6.31. The lowest BCUT2D eigenvalue weighted by molar-refractivity contribution is -0.644. The maximum absolute atomic E-state index is 2.24. The van der Waals surface area contributed by atoms with Gasteiger partial charge in [0.1, 0.15) is 11.7 Å². The van der Waals surface area contributed by atoms with Crippen molar-refractivity contribution in [3.8, 4) is 0 Å². The van der Waals surface area contributed by atoms with Crippen LogP contribution in [0, 0.1) is 6.92 Å². The van der Waals surface area contributed by atoms with Crippen molar-refractivity contribution in [1.82, 2.24) is 0 Å². The van der Waals surface area contributed by atoms with E-state index >= 15 is 0 Å². The molecule has 1 nitrogen and oxygen atoms in total. The van der Waals surface area contributed by atoms with Crippen molar-refractivity contribution in [3.05, 3.63) is 16.5 Å². The number of aromatic nitrogens is 1. The van der Waals surface area contributed by atoms with Gasteiger partial charge in [-0.15, -0.1) is 0 Å². The van der Waals surface area contributed by atoms with Crippen molar-refractivity contribution < 1.29 is 4.57 Å². The SMILES string of the molecule is Cc1sc2ccsc2[n+]1C. The van der Waals surface area contributed by atoms with E-state index in [1.807, 2.05) is 22.7 Å². The molecule has 0 spiro atoms. The Morgan fingerprint density at radius 2 is 2.30 bits per heavy atom. The fourth-order valence-electron chi connectivity index (χ4n) is 0.982. The number of hydrogen-bond acceptors (Lipinski definition) is 2. The van der Waals surface area contributed by atoms with Crippen LogP contribution in [0.3, 0.4) is 0 Å². The second-order valence-electron chi connectivity index (χ2n) is 2.27. The molecule has 0 N–H and O–H groups in total. The maximum atomic E-state index is 2.24. The molecule has 3 heteroatoms. The molecule has 2 heterocycles. The molecule has 0 amide bonds. The van der Waals surface area contributed by atoms with Crippen molar-refractivity contribution in [1.29, 1.82) is 0 Å². The van der Waals surface area contributed by atoms with E-state index in [0.29, 0.717) is 0 Å². The van der Waals surface area contributed by atoms with Gasteiger partial charge in [0.2, 0.25) is 5.01 Å². The van der Waals surface area contributed by atoms with Gasteiger partial charge in [-0.2, -0.15) is 4.57 Å². The predicted molar refractivity (Wildman–Crippen MR) is 45.6 cm³/mol. The third kappa shape index (κ3) is 0.707. The molecule has 0 bridgehead atoms. The summed E-state index contributed by atoms with van der Waals surface area (Å²) in [5, 5.41) is 3.52. The van der Waals surface area contributed by atoms with Crippen LogP contribution in [-0.2, 0) is 7.05 Å². The van der Waals surface area contributed by atoms with Crippen molar-refractivity contribution in [3.63, 3.8) is 0 Å². The second-order valence-corrected chi connectivity index (χ2v) is 4.40. The van der Waals surface area contributed by atoms with Crippen LogP contribution in [0.15, 0.2) is 11.4 Å².